The minimum Gasteiger partial charge on any atom is -0.495 e. The van der Waals surface area contributed by atoms with E-state index < -0.39 is 0 Å². The number of piperazine rings is 1. The Kier molecular flexibility index (Phi) is 9.92. The van der Waals surface area contributed by atoms with E-state index in [1.54, 1.807) is 7.11 Å². The maximum absolute atomic E-state index is 5.55. The number of hydrogen-bond acceptors (Lipinski definition) is 5. The van der Waals surface area contributed by atoms with Gasteiger partial charge in [0.05, 0.1) is 12.8 Å². The summed E-state index contributed by atoms with van der Waals surface area (Å²) in [6.45, 7) is 8.35. The van der Waals surface area contributed by atoms with Gasteiger partial charge in [-0.3, -0.25) is 9.89 Å². The standard InChI is InChI=1S/C24H35N5OS.HI/c1-25-24(26-17-20-7-5-11-27(18-20)19-21-8-6-16-31-21)29-14-12-28(13-15-29)22-9-3-4-10-23(22)30-2;/h3-4,6,8-10,16,20H,5,7,11-15,17-19H2,1-2H3,(H,25,26);1H. The predicted octanol–water partition coefficient (Wildman–Crippen LogP) is 3.98. The second-order valence-electron chi connectivity index (χ2n) is 8.40. The molecule has 0 radical (unpaired) electrons. The molecule has 2 aliphatic heterocycles. The molecular formula is C24H36IN5OS. The fraction of sp³-hybridized carbons (Fsp3) is 0.542. The summed E-state index contributed by atoms with van der Waals surface area (Å²) >= 11 is 1.86. The van der Waals surface area contributed by atoms with Gasteiger partial charge in [-0.05, 0) is 48.9 Å². The van der Waals surface area contributed by atoms with Crippen LogP contribution in [0.3, 0.4) is 0 Å². The molecule has 1 atom stereocenters. The van der Waals surface area contributed by atoms with E-state index in [2.05, 4.69) is 54.7 Å². The third kappa shape index (κ3) is 6.51. The summed E-state index contributed by atoms with van der Waals surface area (Å²) in [5.74, 6) is 2.67. The van der Waals surface area contributed by atoms with E-state index in [-0.39, 0.29) is 24.0 Å². The molecule has 0 aliphatic carbocycles. The smallest absolute Gasteiger partial charge is 0.193 e. The lowest BCUT2D eigenvalue weighted by molar-refractivity contribution is 0.169. The minimum absolute atomic E-state index is 0. The normalized spacial score (nSPS) is 20.1. The second-order valence-corrected chi connectivity index (χ2v) is 9.43. The van der Waals surface area contributed by atoms with Gasteiger partial charge in [0.15, 0.2) is 5.96 Å². The van der Waals surface area contributed by atoms with E-state index in [9.17, 15) is 0 Å². The first-order valence-corrected chi connectivity index (χ1v) is 12.2. The Bertz CT molecular complexity index is 839. The predicted molar refractivity (Wildman–Crippen MR) is 146 cm³/mol. The fourth-order valence-corrected chi connectivity index (χ4v) is 5.45. The summed E-state index contributed by atoms with van der Waals surface area (Å²) in [7, 11) is 3.65. The van der Waals surface area contributed by atoms with E-state index in [0.29, 0.717) is 5.92 Å². The lowest BCUT2D eigenvalue weighted by Gasteiger charge is -2.39. The van der Waals surface area contributed by atoms with Crippen molar-refractivity contribution in [3.63, 3.8) is 0 Å². The Morgan fingerprint density at radius 1 is 1.12 bits per heavy atom. The van der Waals surface area contributed by atoms with Gasteiger partial charge in [0, 0.05) is 57.7 Å². The number of halogens is 1. The molecule has 0 spiro atoms. The van der Waals surface area contributed by atoms with Crippen molar-refractivity contribution in [2.45, 2.75) is 19.4 Å². The zero-order chi connectivity index (χ0) is 21.5. The summed E-state index contributed by atoms with van der Waals surface area (Å²) in [5, 5.41) is 5.85. The van der Waals surface area contributed by atoms with E-state index in [1.807, 2.05) is 30.5 Å². The van der Waals surface area contributed by atoms with Crippen molar-refractivity contribution in [3.8, 4) is 5.75 Å². The highest BCUT2D eigenvalue weighted by atomic mass is 127. The molecule has 2 aromatic rings. The van der Waals surface area contributed by atoms with Crippen LogP contribution in [0.4, 0.5) is 5.69 Å². The molecular weight excluding hydrogens is 533 g/mol. The molecule has 0 saturated carbocycles. The van der Waals surface area contributed by atoms with Crippen LogP contribution in [0.25, 0.3) is 0 Å². The molecule has 4 rings (SSSR count). The summed E-state index contributed by atoms with van der Waals surface area (Å²) in [6, 6.07) is 12.7. The SMILES string of the molecule is CN=C(NCC1CCCN(Cc2cccs2)C1)N1CCN(c2ccccc2OC)CC1.I. The van der Waals surface area contributed by atoms with Crippen LogP contribution < -0.4 is 15.0 Å². The van der Waals surface area contributed by atoms with Crippen LogP contribution in [-0.4, -0.2) is 75.7 Å². The number of methoxy groups -OCH3 is 1. The van der Waals surface area contributed by atoms with Crippen LogP contribution in [0.2, 0.25) is 0 Å². The third-order valence-corrected chi connectivity index (χ3v) is 7.19. The van der Waals surface area contributed by atoms with Gasteiger partial charge in [0.25, 0.3) is 0 Å². The molecule has 1 N–H and O–H groups in total. The van der Waals surface area contributed by atoms with E-state index in [1.165, 1.54) is 36.5 Å². The number of nitrogens with one attached hydrogen (secondary N) is 1. The summed E-state index contributed by atoms with van der Waals surface area (Å²) in [5.41, 5.74) is 1.18. The highest BCUT2D eigenvalue weighted by Gasteiger charge is 2.24. The van der Waals surface area contributed by atoms with Gasteiger partial charge in [0.2, 0.25) is 0 Å². The molecule has 0 bridgehead atoms. The highest BCUT2D eigenvalue weighted by molar-refractivity contribution is 14.0. The maximum Gasteiger partial charge on any atom is 0.193 e. The van der Waals surface area contributed by atoms with Crippen molar-refractivity contribution in [3.05, 3.63) is 46.7 Å². The molecule has 8 heteroatoms. The Balaban J connectivity index is 0.00000289. The number of rotatable bonds is 6. The Hall–Kier alpha value is -1.52. The number of benzene rings is 1. The van der Waals surface area contributed by atoms with Crippen molar-refractivity contribution in [2.75, 3.05) is 64.9 Å². The third-order valence-electron chi connectivity index (χ3n) is 6.33. The molecule has 1 unspecified atom stereocenters. The first-order valence-electron chi connectivity index (χ1n) is 11.3. The summed E-state index contributed by atoms with van der Waals surface area (Å²) < 4.78 is 5.55. The quantitative estimate of drug-likeness (QED) is 0.324. The lowest BCUT2D eigenvalue weighted by Crippen LogP contribution is -2.53. The highest BCUT2D eigenvalue weighted by Crippen LogP contribution is 2.28. The van der Waals surface area contributed by atoms with Crippen LogP contribution in [0.1, 0.15) is 17.7 Å². The van der Waals surface area contributed by atoms with Crippen LogP contribution in [0.5, 0.6) is 5.75 Å². The number of nitrogens with zero attached hydrogens (tertiary/aromatic N) is 4. The first-order chi connectivity index (χ1) is 15.3. The topological polar surface area (TPSA) is 43.3 Å². The average Bonchev–Trinajstić information content (AvgIpc) is 3.33. The molecule has 2 aliphatic rings. The number of hydrogen-bond donors (Lipinski definition) is 1. The summed E-state index contributed by atoms with van der Waals surface area (Å²) in [6.07, 6.45) is 2.58. The number of likely N-dealkylation sites (tertiary alicyclic amines) is 1. The maximum atomic E-state index is 5.55. The molecule has 32 heavy (non-hydrogen) atoms. The Labute approximate surface area is 213 Å². The number of thiophene rings is 1. The number of aliphatic imine (C=N–C) groups is 1. The lowest BCUT2D eigenvalue weighted by atomic mass is 9.98. The van der Waals surface area contributed by atoms with Crippen molar-refractivity contribution in [1.82, 2.24) is 15.1 Å². The number of piperidine rings is 1. The van der Waals surface area contributed by atoms with E-state index >= 15 is 0 Å². The average molecular weight is 570 g/mol. The van der Waals surface area contributed by atoms with Crippen LogP contribution in [-0.2, 0) is 6.54 Å². The van der Waals surface area contributed by atoms with Gasteiger partial charge in [-0.2, -0.15) is 0 Å². The van der Waals surface area contributed by atoms with Gasteiger partial charge in [-0.15, -0.1) is 35.3 Å². The molecule has 1 aromatic carbocycles. The molecule has 6 nitrogen and oxygen atoms in total. The van der Waals surface area contributed by atoms with Crippen molar-refractivity contribution >= 4 is 47.0 Å². The Morgan fingerprint density at radius 2 is 1.94 bits per heavy atom. The molecule has 1 aromatic heterocycles. The van der Waals surface area contributed by atoms with Crippen molar-refractivity contribution < 1.29 is 4.74 Å². The Morgan fingerprint density at radius 3 is 2.66 bits per heavy atom. The molecule has 0 amide bonds. The number of para-hydroxylation sites is 2. The monoisotopic (exact) mass is 569 g/mol. The number of ether oxygens (including phenoxy) is 1. The first kappa shape index (κ1) is 25.1. The van der Waals surface area contributed by atoms with Gasteiger partial charge < -0.3 is 19.9 Å². The fourth-order valence-electron chi connectivity index (χ4n) is 4.70. The van der Waals surface area contributed by atoms with Crippen LogP contribution >= 0.6 is 35.3 Å². The minimum atomic E-state index is 0. The van der Waals surface area contributed by atoms with Crippen LogP contribution in [0, 0.1) is 5.92 Å². The molecule has 2 saturated heterocycles. The van der Waals surface area contributed by atoms with Gasteiger partial charge in [-0.25, -0.2) is 0 Å². The van der Waals surface area contributed by atoms with Crippen molar-refractivity contribution in [1.29, 1.82) is 0 Å². The van der Waals surface area contributed by atoms with E-state index in [0.717, 1.165) is 51.0 Å². The van der Waals surface area contributed by atoms with Gasteiger partial charge in [-0.1, -0.05) is 18.2 Å². The van der Waals surface area contributed by atoms with E-state index in [4.69, 9.17) is 4.74 Å². The largest absolute Gasteiger partial charge is 0.495 e. The summed E-state index contributed by atoms with van der Waals surface area (Å²) in [4.78, 5) is 13.5. The van der Waals surface area contributed by atoms with Gasteiger partial charge >= 0.3 is 0 Å². The zero-order valence-corrected chi connectivity index (χ0v) is 22.4. The molecule has 176 valence electrons. The number of guanidine groups is 1. The second kappa shape index (κ2) is 12.6. The van der Waals surface area contributed by atoms with Crippen molar-refractivity contribution in [2.24, 2.45) is 10.9 Å². The van der Waals surface area contributed by atoms with Gasteiger partial charge in [0.1, 0.15) is 5.75 Å². The number of anilines is 1. The zero-order valence-electron chi connectivity index (χ0n) is 19.2. The molecule has 2 fully saturated rings. The van der Waals surface area contributed by atoms with Crippen LogP contribution in [0.15, 0.2) is 46.8 Å². The molecule has 3 heterocycles.